The highest BCUT2D eigenvalue weighted by Crippen LogP contribution is 2.41. The average molecular weight is 343 g/mol. The van der Waals surface area contributed by atoms with Crippen LogP contribution in [0.1, 0.15) is 79.5 Å². The van der Waals surface area contributed by atoms with Crippen LogP contribution in [0.5, 0.6) is 0 Å². The molecule has 2 aromatic heterocycles. The average Bonchev–Trinajstić information content (AvgIpc) is 3.28. The van der Waals surface area contributed by atoms with Crippen molar-refractivity contribution < 1.29 is 19.2 Å². The number of aromatic nitrogens is 2. The number of carbonyl (C=O) groups is 2. The molecule has 0 atom stereocenters. The Labute approximate surface area is 144 Å². The SMILES string of the molecule is CC(C)c1noc2nc(C3CC3)cc(C(=O)NC3(C(=O)O)CCC3)c12. The van der Waals surface area contributed by atoms with E-state index in [-0.39, 0.29) is 11.8 Å². The molecule has 2 aliphatic carbocycles. The molecule has 7 nitrogen and oxygen atoms in total. The number of aliphatic carboxylic acids is 1. The summed E-state index contributed by atoms with van der Waals surface area (Å²) in [7, 11) is 0. The molecule has 1 amide bonds. The number of hydrogen-bond acceptors (Lipinski definition) is 5. The van der Waals surface area contributed by atoms with E-state index in [4.69, 9.17) is 4.52 Å². The molecule has 2 aromatic rings. The Bertz CT molecular complexity index is 863. The Hall–Kier alpha value is -2.44. The predicted octanol–water partition coefficient (Wildman–Crippen LogP) is 2.96. The zero-order valence-electron chi connectivity index (χ0n) is 14.3. The fourth-order valence-electron chi connectivity index (χ4n) is 3.36. The topological polar surface area (TPSA) is 105 Å². The van der Waals surface area contributed by atoms with Crippen LogP contribution >= 0.6 is 0 Å². The molecule has 0 bridgehead atoms. The minimum absolute atomic E-state index is 0.0681. The van der Waals surface area contributed by atoms with Crippen LogP contribution in [0.3, 0.4) is 0 Å². The first-order valence-corrected chi connectivity index (χ1v) is 8.77. The van der Waals surface area contributed by atoms with Gasteiger partial charge in [0, 0.05) is 11.6 Å². The molecule has 0 unspecified atom stereocenters. The summed E-state index contributed by atoms with van der Waals surface area (Å²) < 4.78 is 5.38. The maximum Gasteiger partial charge on any atom is 0.329 e. The molecule has 7 heteroatoms. The molecule has 4 rings (SSSR count). The summed E-state index contributed by atoms with van der Waals surface area (Å²) in [5.41, 5.74) is 1.12. The quantitative estimate of drug-likeness (QED) is 0.864. The van der Waals surface area contributed by atoms with Crippen molar-refractivity contribution in [2.75, 3.05) is 0 Å². The van der Waals surface area contributed by atoms with Crippen LogP contribution in [0, 0.1) is 0 Å². The third-order valence-corrected chi connectivity index (χ3v) is 5.25. The lowest BCUT2D eigenvalue weighted by Gasteiger charge is -2.38. The van der Waals surface area contributed by atoms with E-state index in [1.54, 1.807) is 6.07 Å². The van der Waals surface area contributed by atoms with Gasteiger partial charge in [-0.2, -0.15) is 0 Å². The van der Waals surface area contributed by atoms with Gasteiger partial charge in [-0.1, -0.05) is 19.0 Å². The van der Waals surface area contributed by atoms with Crippen molar-refractivity contribution in [2.45, 2.75) is 63.3 Å². The number of nitrogens with one attached hydrogen (secondary N) is 1. The zero-order chi connectivity index (χ0) is 17.8. The molecule has 2 heterocycles. The number of nitrogens with zero attached hydrogens (tertiary/aromatic N) is 2. The van der Waals surface area contributed by atoms with Gasteiger partial charge in [0.15, 0.2) is 0 Å². The molecule has 0 spiro atoms. The molecule has 2 N–H and O–H groups in total. The molecular weight excluding hydrogens is 322 g/mol. The first kappa shape index (κ1) is 16.1. The van der Waals surface area contributed by atoms with E-state index >= 15 is 0 Å². The highest BCUT2D eigenvalue weighted by molar-refractivity contribution is 6.07. The lowest BCUT2D eigenvalue weighted by atomic mass is 9.76. The monoisotopic (exact) mass is 343 g/mol. The van der Waals surface area contributed by atoms with Crippen molar-refractivity contribution in [3.05, 3.63) is 23.0 Å². The Kier molecular flexibility index (Phi) is 3.56. The molecule has 0 saturated heterocycles. The number of hydrogen-bond donors (Lipinski definition) is 2. The van der Waals surface area contributed by atoms with Crippen LogP contribution in [0.15, 0.2) is 10.6 Å². The standard InChI is InChI=1S/C18H21N3O4/c1-9(2)14-13-11(15(22)20-18(17(23)24)6-3-7-18)8-12(10-4-5-10)19-16(13)25-21-14/h8-10H,3-7H2,1-2H3,(H,20,22)(H,23,24). The number of pyridine rings is 1. The minimum Gasteiger partial charge on any atom is -0.480 e. The van der Waals surface area contributed by atoms with Crippen molar-refractivity contribution in [1.82, 2.24) is 15.5 Å². The van der Waals surface area contributed by atoms with Gasteiger partial charge in [-0.15, -0.1) is 0 Å². The molecule has 2 aliphatic rings. The second-order valence-electron chi connectivity index (χ2n) is 7.47. The van der Waals surface area contributed by atoms with E-state index in [1.807, 2.05) is 13.8 Å². The maximum absolute atomic E-state index is 13.0. The summed E-state index contributed by atoms with van der Waals surface area (Å²) in [6.07, 6.45) is 3.81. The largest absolute Gasteiger partial charge is 0.480 e. The first-order valence-electron chi connectivity index (χ1n) is 8.77. The van der Waals surface area contributed by atoms with Gasteiger partial charge in [0.05, 0.1) is 16.6 Å². The van der Waals surface area contributed by atoms with E-state index in [0.717, 1.165) is 25.0 Å². The Morgan fingerprint density at radius 2 is 2.08 bits per heavy atom. The van der Waals surface area contributed by atoms with E-state index in [1.165, 1.54) is 0 Å². The summed E-state index contributed by atoms with van der Waals surface area (Å²) in [5, 5.41) is 16.9. The van der Waals surface area contributed by atoms with E-state index in [2.05, 4.69) is 15.5 Å². The lowest BCUT2D eigenvalue weighted by molar-refractivity contribution is -0.148. The number of fused-ring (bicyclic) bond motifs is 1. The van der Waals surface area contributed by atoms with Gasteiger partial charge >= 0.3 is 5.97 Å². The third-order valence-electron chi connectivity index (χ3n) is 5.25. The molecule has 2 saturated carbocycles. The fourth-order valence-corrected chi connectivity index (χ4v) is 3.36. The van der Waals surface area contributed by atoms with Crippen molar-refractivity contribution in [3.8, 4) is 0 Å². The molecule has 2 fully saturated rings. The van der Waals surface area contributed by atoms with E-state index in [9.17, 15) is 14.7 Å². The molecule has 0 aliphatic heterocycles. The van der Waals surface area contributed by atoms with Crippen LogP contribution in [-0.4, -0.2) is 32.7 Å². The molecule has 132 valence electrons. The van der Waals surface area contributed by atoms with Crippen molar-refractivity contribution >= 4 is 23.0 Å². The van der Waals surface area contributed by atoms with Gasteiger partial charge in [0.1, 0.15) is 5.54 Å². The second-order valence-corrected chi connectivity index (χ2v) is 7.47. The van der Waals surface area contributed by atoms with Gasteiger partial charge in [-0.05, 0) is 44.1 Å². The van der Waals surface area contributed by atoms with Crippen molar-refractivity contribution in [1.29, 1.82) is 0 Å². The first-order chi connectivity index (χ1) is 11.9. The molecular formula is C18H21N3O4. The van der Waals surface area contributed by atoms with Gasteiger partial charge < -0.3 is 14.9 Å². The van der Waals surface area contributed by atoms with Gasteiger partial charge in [-0.25, -0.2) is 9.78 Å². The summed E-state index contributed by atoms with van der Waals surface area (Å²) in [6, 6.07) is 1.78. The minimum atomic E-state index is -1.15. The van der Waals surface area contributed by atoms with Crippen LogP contribution in [-0.2, 0) is 4.79 Å². The van der Waals surface area contributed by atoms with Crippen LogP contribution in [0.4, 0.5) is 0 Å². The summed E-state index contributed by atoms with van der Waals surface area (Å²) in [6.45, 7) is 3.94. The summed E-state index contributed by atoms with van der Waals surface area (Å²) in [5.74, 6) is -0.949. The third kappa shape index (κ3) is 2.58. The maximum atomic E-state index is 13.0. The number of amides is 1. The smallest absolute Gasteiger partial charge is 0.329 e. The number of rotatable bonds is 5. The van der Waals surface area contributed by atoms with E-state index < -0.39 is 11.5 Å². The molecule has 25 heavy (non-hydrogen) atoms. The van der Waals surface area contributed by atoms with Crippen LogP contribution < -0.4 is 5.32 Å². The Balaban J connectivity index is 1.79. The Morgan fingerprint density at radius 3 is 2.60 bits per heavy atom. The molecule has 0 aromatic carbocycles. The van der Waals surface area contributed by atoms with Gasteiger partial charge in [0.2, 0.25) is 0 Å². The summed E-state index contributed by atoms with van der Waals surface area (Å²) >= 11 is 0. The normalized spacial score (nSPS) is 19.0. The molecule has 0 radical (unpaired) electrons. The van der Waals surface area contributed by atoms with Gasteiger partial charge in [0.25, 0.3) is 11.6 Å². The van der Waals surface area contributed by atoms with Gasteiger partial charge in [-0.3, -0.25) is 4.79 Å². The highest BCUT2D eigenvalue weighted by atomic mass is 16.5. The van der Waals surface area contributed by atoms with Crippen molar-refractivity contribution in [3.63, 3.8) is 0 Å². The van der Waals surface area contributed by atoms with Crippen LogP contribution in [0.2, 0.25) is 0 Å². The van der Waals surface area contributed by atoms with Crippen LogP contribution in [0.25, 0.3) is 11.1 Å². The second kappa shape index (κ2) is 5.54. The summed E-state index contributed by atoms with van der Waals surface area (Å²) in [4.78, 5) is 29.1. The lowest BCUT2D eigenvalue weighted by Crippen LogP contribution is -2.59. The number of carboxylic acid groups (broad SMARTS) is 1. The number of carbonyl (C=O) groups excluding carboxylic acids is 1. The fraction of sp³-hybridized carbons (Fsp3) is 0.556. The van der Waals surface area contributed by atoms with Crippen molar-refractivity contribution in [2.24, 2.45) is 0 Å². The van der Waals surface area contributed by atoms with E-state index in [0.29, 0.717) is 41.1 Å². The highest BCUT2D eigenvalue weighted by Gasteiger charge is 2.46. The predicted molar refractivity (Wildman–Crippen MR) is 89.6 cm³/mol. The zero-order valence-corrected chi connectivity index (χ0v) is 14.3. The Morgan fingerprint density at radius 1 is 1.36 bits per heavy atom. The number of carboxylic acids is 1.